The topological polar surface area (TPSA) is 29.1 Å². The summed E-state index contributed by atoms with van der Waals surface area (Å²) in [6, 6.07) is 0. The highest BCUT2D eigenvalue weighted by Crippen LogP contribution is 2.63. The second-order valence-electron chi connectivity index (χ2n) is 6.52. The Labute approximate surface area is 112 Å². The van der Waals surface area contributed by atoms with E-state index in [-0.39, 0.29) is 22.1 Å². The van der Waals surface area contributed by atoms with Gasteiger partial charge in [0.05, 0.1) is 0 Å². The standard InChI is InChI=1S/C13H19Cl2NO/c14-6-11(17)16-8-12-2-9-1-10(3-12)5-13(15,4-9)7-12/h9-10H,1-8H2,(H,16,17)/t9-,10-,12?,13?/m0/s1. The summed E-state index contributed by atoms with van der Waals surface area (Å²) in [6.45, 7) is 0.778. The molecule has 0 aliphatic heterocycles. The average Bonchev–Trinajstić information content (AvgIpc) is 2.22. The van der Waals surface area contributed by atoms with Crippen molar-refractivity contribution in [2.24, 2.45) is 17.3 Å². The van der Waals surface area contributed by atoms with E-state index in [4.69, 9.17) is 23.2 Å². The summed E-state index contributed by atoms with van der Waals surface area (Å²) >= 11 is 12.3. The van der Waals surface area contributed by atoms with Crippen LogP contribution in [0, 0.1) is 17.3 Å². The van der Waals surface area contributed by atoms with E-state index in [1.165, 1.54) is 32.1 Å². The fraction of sp³-hybridized carbons (Fsp3) is 0.923. The molecule has 17 heavy (non-hydrogen) atoms. The lowest BCUT2D eigenvalue weighted by Crippen LogP contribution is -2.56. The molecule has 0 aromatic rings. The van der Waals surface area contributed by atoms with Gasteiger partial charge in [0.25, 0.3) is 0 Å². The number of nitrogens with one attached hydrogen (secondary N) is 1. The highest BCUT2D eigenvalue weighted by molar-refractivity contribution is 6.27. The summed E-state index contributed by atoms with van der Waals surface area (Å²) in [4.78, 5) is 11.3. The Hall–Kier alpha value is 0.0500. The van der Waals surface area contributed by atoms with E-state index in [0.29, 0.717) is 0 Å². The van der Waals surface area contributed by atoms with E-state index in [1.807, 2.05) is 0 Å². The molecule has 0 aromatic heterocycles. The van der Waals surface area contributed by atoms with E-state index in [2.05, 4.69) is 5.32 Å². The zero-order valence-corrected chi connectivity index (χ0v) is 11.5. The summed E-state index contributed by atoms with van der Waals surface area (Å²) in [5.74, 6) is 1.60. The Morgan fingerprint density at radius 2 is 1.88 bits per heavy atom. The van der Waals surface area contributed by atoms with Crippen molar-refractivity contribution in [3.05, 3.63) is 0 Å². The summed E-state index contributed by atoms with van der Waals surface area (Å²) < 4.78 is 0. The Bertz CT molecular complexity index is 330. The number of alkyl halides is 2. The third kappa shape index (κ3) is 2.19. The quantitative estimate of drug-likeness (QED) is 0.789. The summed E-state index contributed by atoms with van der Waals surface area (Å²) in [7, 11) is 0. The average molecular weight is 276 g/mol. The van der Waals surface area contributed by atoms with E-state index >= 15 is 0 Å². The van der Waals surface area contributed by atoms with Gasteiger partial charge >= 0.3 is 0 Å². The fourth-order valence-electron chi connectivity index (χ4n) is 4.88. The molecule has 0 heterocycles. The molecule has 0 saturated heterocycles. The van der Waals surface area contributed by atoms with Crippen LogP contribution in [0.2, 0.25) is 0 Å². The Morgan fingerprint density at radius 3 is 2.41 bits per heavy atom. The molecule has 1 amide bonds. The largest absolute Gasteiger partial charge is 0.355 e. The smallest absolute Gasteiger partial charge is 0.234 e. The molecule has 2 nitrogen and oxygen atoms in total. The minimum Gasteiger partial charge on any atom is -0.355 e. The van der Waals surface area contributed by atoms with E-state index in [0.717, 1.165) is 24.8 Å². The summed E-state index contributed by atoms with van der Waals surface area (Å²) in [6.07, 6.45) is 7.32. The van der Waals surface area contributed by atoms with Crippen LogP contribution in [0.4, 0.5) is 0 Å². The van der Waals surface area contributed by atoms with Gasteiger partial charge in [-0.1, -0.05) is 0 Å². The molecule has 4 fully saturated rings. The number of hydrogen-bond donors (Lipinski definition) is 1. The molecule has 0 spiro atoms. The van der Waals surface area contributed by atoms with Gasteiger partial charge in [-0.3, -0.25) is 4.79 Å². The van der Waals surface area contributed by atoms with Crippen LogP contribution in [0.3, 0.4) is 0 Å². The lowest BCUT2D eigenvalue weighted by Gasteiger charge is -2.60. The van der Waals surface area contributed by atoms with E-state index < -0.39 is 0 Å². The van der Waals surface area contributed by atoms with Gasteiger partial charge in [-0.05, 0) is 55.8 Å². The predicted molar refractivity (Wildman–Crippen MR) is 69.4 cm³/mol. The van der Waals surface area contributed by atoms with Crippen LogP contribution in [0.25, 0.3) is 0 Å². The normalized spacial score (nSPS) is 47.2. The third-order valence-electron chi connectivity index (χ3n) is 4.89. The first-order chi connectivity index (χ1) is 8.03. The van der Waals surface area contributed by atoms with Crippen molar-refractivity contribution >= 4 is 29.1 Å². The molecule has 2 atom stereocenters. The van der Waals surface area contributed by atoms with Crippen LogP contribution in [0.1, 0.15) is 38.5 Å². The maximum Gasteiger partial charge on any atom is 0.234 e. The van der Waals surface area contributed by atoms with Crippen LogP contribution in [-0.2, 0) is 4.79 Å². The van der Waals surface area contributed by atoms with Gasteiger partial charge in [0.15, 0.2) is 0 Å². The molecule has 0 radical (unpaired) electrons. The van der Waals surface area contributed by atoms with Crippen molar-refractivity contribution in [1.29, 1.82) is 0 Å². The number of carbonyl (C=O) groups excluding carboxylic acids is 1. The van der Waals surface area contributed by atoms with Crippen LogP contribution in [0.5, 0.6) is 0 Å². The SMILES string of the molecule is O=C(CCl)NCC12C[C@@H]3C[C@H](CC(Cl)(C3)C1)C2. The monoisotopic (exact) mass is 275 g/mol. The number of halogens is 2. The fourth-order valence-corrected chi connectivity index (χ4v) is 5.69. The minimum absolute atomic E-state index is 0.0375. The number of hydrogen-bond acceptors (Lipinski definition) is 1. The Balaban J connectivity index is 1.72. The molecule has 0 unspecified atom stereocenters. The maximum atomic E-state index is 11.3. The molecule has 4 bridgehead atoms. The predicted octanol–water partition coefficient (Wildman–Crippen LogP) is 2.92. The highest BCUT2D eigenvalue weighted by Gasteiger charge is 2.56. The molecule has 0 aromatic carbocycles. The second kappa shape index (κ2) is 4.03. The van der Waals surface area contributed by atoms with Gasteiger partial charge in [-0.2, -0.15) is 0 Å². The van der Waals surface area contributed by atoms with E-state index in [1.54, 1.807) is 0 Å². The zero-order valence-electron chi connectivity index (χ0n) is 9.98. The highest BCUT2D eigenvalue weighted by atomic mass is 35.5. The van der Waals surface area contributed by atoms with Crippen LogP contribution in [0.15, 0.2) is 0 Å². The van der Waals surface area contributed by atoms with Gasteiger partial charge in [0, 0.05) is 11.4 Å². The lowest BCUT2D eigenvalue weighted by molar-refractivity contribution is -0.120. The first-order valence-electron chi connectivity index (χ1n) is 6.54. The van der Waals surface area contributed by atoms with Crippen LogP contribution >= 0.6 is 23.2 Å². The van der Waals surface area contributed by atoms with Gasteiger partial charge in [-0.25, -0.2) is 0 Å². The van der Waals surface area contributed by atoms with Gasteiger partial charge in [0.1, 0.15) is 5.88 Å². The van der Waals surface area contributed by atoms with Crippen molar-refractivity contribution in [1.82, 2.24) is 5.32 Å². The lowest BCUT2D eigenvalue weighted by atomic mass is 9.49. The van der Waals surface area contributed by atoms with Crippen LogP contribution in [-0.4, -0.2) is 23.2 Å². The third-order valence-corrected chi connectivity index (χ3v) is 5.58. The van der Waals surface area contributed by atoms with Gasteiger partial charge in [0.2, 0.25) is 5.91 Å². The van der Waals surface area contributed by atoms with Crippen molar-refractivity contribution in [3.63, 3.8) is 0 Å². The van der Waals surface area contributed by atoms with Crippen LogP contribution < -0.4 is 5.32 Å². The molecule has 4 rings (SSSR count). The molecular formula is C13H19Cl2NO. The number of amides is 1. The number of rotatable bonds is 3. The van der Waals surface area contributed by atoms with Gasteiger partial charge in [-0.15, -0.1) is 23.2 Å². The first-order valence-corrected chi connectivity index (χ1v) is 7.45. The van der Waals surface area contributed by atoms with E-state index in [9.17, 15) is 4.79 Å². The summed E-state index contributed by atoms with van der Waals surface area (Å²) in [5.41, 5.74) is 0.271. The molecular weight excluding hydrogens is 257 g/mol. The Morgan fingerprint density at radius 1 is 1.24 bits per heavy atom. The molecule has 4 aliphatic rings. The second-order valence-corrected chi connectivity index (χ2v) is 7.59. The first kappa shape index (κ1) is 12.1. The summed E-state index contributed by atoms with van der Waals surface area (Å²) in [5, 5.41) is 2.98. The van der Waals surface area contributed by atoms with Gasteiger partial charge < -0.3 is 5.32 Å². The van der Waals surface area contributed by atoms with Crippen molar-refractivity contribution in [3.8, 4) is 0 Å². The number of carbonyl (C=O) groups is 1. The maximum absolute atomic E-state index is 11.3. The molecule has 96 valence electrons. The van der Waals surface area contributed by atoms with Crippen molar-refractivity contribution in [2.45, 2.75) is 43.4 Å². The molecule has 4 saturated carbocycles. The molecule has 4 heteroatoms. The minimum atomic E-state index is -0.0500. The Kier molecular flexibility index (Phi) is 2.87. The molecule has 4 aliphatic carbocycles. The zero-order chi connectivity index (χ0) is 12.1. The van der Waals surface area contributed by atoms with Crippen molar-refractivity contribution in [2.75, 3.05) is 12.4 Å². The van der Waals surface area contributed by atoms with Crippen molar-refractivity contribution < 1.29 is 4.79 Å². The molecule has 1 N–H and O–H groups in total.